The minimum Gasteiger partial charge on any atom is -0.497 e. The highest BCUT2D eigenvalue weighted by Crippen LogP contribution is 2.14. The number of nitrogens with zero attached hydrogens (tertiary/aromatic N) is 2. The number of ether oxygens (including phenoxy) is 1. The number of nitrogens with one attached hydrogen (secondary N) is 1. The van der Waals surface area contributed by atoms with Gasteiger partial charge in [0.1, 0.15) is 5.75 Å². The van der Waals surface area contributed by atoms with E-state index in [4.69, 9.17) is 9.26 Å². The Hall–Kier alpha value is -1.88. The first-order valence-electron chi connectivity index (χ1n) is 7.24. The molecule has 0 aliphatic heterocycles. The van der Waals surface area contributed by atoms with Crippen LogP contribution in [0.3, 0.4) is 0 Å². The summed E-state index contributed by atoms with van der Waals surface area (Å²) < 4.78 is 10.5. The first-order chi connectivity index (χ1) is 10.1. The Kier molecular flexibility index (Phi) is 5.33. The van der Waals surface area contributed by atoms with Gasteiger partial charge in [0.25, 0.3) is 0 Å². The Morgan fingerprint density at radius 2 is 1.95 bits per heavy atom. The first kappa shape index (κ1) is 15.5. The van der Waals surface area contributed by atoms with Gasteiger partial charge >= 0.3 is 0 Å². The third-order valence-electron chi connectivity index (χ3n) is 3.60. The zero-order valence-electron chi connectivity index (χ0n) is 13.1. The molecule has 1 aromatic carbocycles. The second-order valence-corrected chi connectivity index (χ2v) is 5.47. The lowest BCUT2D eigenvalue weighted by Gasteiger charge is -2.17. The SMILES string of the molecule is CNC(Cc1nc(Cc2ccc(OC)cc2)no1)C(C)C. The summed E-state index contributed by atoms with van der Waals surface area (Å²) in [7, 11) is 3.62. The quantitative estimate of drug-likeness (QED) is 0.848. The van der Waals surface area contributed by atoms with Gasteiger partial charge in [0, 0.05) is 18.9 Å². The van der Waals surface area contributed by atoms with Crippen LogP contribution in [0.2, 0.25) is 0 Å². The molecule has 0 bridgehead atoms. The minimum absolute atomic E-state index is 0.347. The zero-order valence-corrected chi connectivity index (χ0v) is 13.1. The molecular formula is C16H23N3O2. The van der Waals surface area contributed by atoms with Crippen LogP contribution >= 0.6 is 0 Å². The monoisotopic (exact) mass is 289 g/mol. The Morgan fingerprint density at radius 3 is 2.52 bits per heavy atom. The number of benzene rings is 1. The van der Waals surface area contributed by atoms with E-state index >= 15 is 0 Å². The van der Waals surface area contributed by atoms with Crippen molar-refractivity contribution in [2.75, 3.05) is 14.2 Å². The van der Waals surface area contributed by atoms with E-state index in [1.165, 1.54) is 0 Å². The average molecular weight is 289 g/mol. The van der Waals surface area contributed by atoms with Crippen molar-refractivity contribution < 1.29 is 9.26 Å². The smallest absolute Gasteiger partial charge is 0.228 e. The van der Waals surface area contributed by atoms with E-state index < -0.39 is 0 Å². The lowest BCUT2D eigenvalue weighted by atomic mass is 10.0. The summed E-state index contributed by atoms with van der Waals surface area (Å²) >= 11 is 0. The summed E-state index contributed by atoms with van der Waals surface area (Å²) in [5.41, 5.74) is 1.14. The lowest BCUT2D eigenvalue weighted by Crippen LogP contribution is -2.32. The third kappa shape index (κ3) is 4.29. The van der Waals surface area contributed by atoms with Gasteiger partial charge in [-0.2, -0.15) is 4.98 Å². The van der Waals surface area contributed by atoms with Gasteiger partial charge in [-0.15, -0.1) is 0 Å². The van der Waals surface area contributed by atoms with Gasteiger partial charge < -0.3 is 14.6 Å². The van der Waals surface area contributed by atoms with Crippen molar-refractivity contribution in [3.8, 4) is 5.75 Å². The Bertz CT molecular complexity index is 549. The summed E-state index contributed by atoms with van der Waals surface area (Å²) in [6, 6.07) is 8.25. The predicted molar refractivity (Wildman–Crippen MR) is 81.5 cm³/mol. The van der Waals surface area contributed by atoms with E-state index in [2.05, 4.69) is 29.3 Å². The molecule has 1 aromatic heterocycles. The molecule has 1 unspecified atom stereocenters. The molecule has 5 heteroatoms. The molecule has 1 atom stereocenters. The van der Waals surface area contributed by atoms with Crippen LogP contribution in [-0.4, -0.2) is 30.3 Å². The van der Waals surface area contributed by atoms with E-state index in [1.54, 1.807) is 7.11 Å². The molecule has 2 aromatic rings. The summed E-state index contributed by atoms with van der Waals surface area (Å²) in [6.07, 6.45) is 1.42. The number of aromatic nitrogens is 2. The molecule has 0 spiro atoms. The lowest BCUT2D eigenvalue weighted by molar-refractivity contribution is 0.333. The van der Waals surface area contributed by atoms with Crippen molar-refractivity contribution in [1.82, 2.24) is 15.5 Å². The molecule has 0 aliphatic rings. The molecule has 21 heavy (non-hydrogen) atoms. The molecule has 2 rings (SSSR count). The number of hydrogen-bond donors (Lipinski definition) is 1. The average Bonchev–Trinajstić information content (AvgIpc) is 2.92. The van der Waals surface area contributed by atoms with Gasteiger partial charge in [-0.25, -0.2) is 0 Å². The Labute approximate surface area is 125 Å². The number of rotatable bonds is 7. The van der Waals surface area contributed by atoms with Crippen molar-refractivity contribution in [3.05, 3.63) is 41.5 Å². The van der Waals surface area contributed by atoms with Gasteiger partial charge in [0.05, 0.1) is 7.11 Å². The van der Waals surface area contributed by atoms with Crippen LogP contribution in [0.15, 0.2) is 28.8 Å². The maximum atomic E-state index is 5.34. The molecule has 0 fully saturated rings. The summed E-state index contributed by atoms with van der Waals surface area (Å²) in [5.74, 6) is 2.77. The maximum absolute atomic E-state index is 5.34. The van der Waals surface area contributed by atoms with Gasteiger partial charge in [-0.3, -0.25) is 0 Å². The van der Waals surface area contributed by atoms with Crippen LogP contribution in [-0.2, 0) is 12.8 Å². The largest absolute Gasteiger partial charge is 0.497 e. The van der Waals surface area contributed by atoms with Crippen molar-refractivity contribution in [2.45, 2.75) is 32.7 Å². The number of hydrogen-bond acceptors (Lipinski definition) is 5. The van der Waals surface area contributed by atoms with Crippen LogP contribution in [0, 0.1) is 5.92 Å². The van der Waals surface area contributed by atoms with Crippen LogP contribution in [0.25, 0.3) is 0 Å². The molecule has 0 saturated heterocycles. The summed E-state index contributed by atoms with van der Waals surface area (Å²) in [4.78, 5) is 4.47. The standard InChI is InChI=1S/C16H23N3O2/c1-11(2)14(17-3)10-16-18-15(19-21-16)9-12-5-7-13(20-4)8-6-12/h5-8,11,14,17H,9-10H2,1-4H3. The van der Waals surface area contributed by atoms with Crippen molar-refractivity contribution in [3.63, 3.8) is 0 Å². The fourth-order valence-corrected chi connectivity index (χ4v) is 2.23. The molecule has 1 N–H and O–H groups in total. The van der Waals surface area contributed by atoms with Crippen molar-refractivity contribution in [1.29, 1.82) is 0 Å². The molecule has 5 nitrogen and oxygen atoms in total. The van der Waals surface area contributed by atoms with Crippen LogP contribution in [0.5, 0.6) is 5.75 Å². The van der Waals surface area contributed by atoms with E-state index in [0.717, 1.165) is 17.7 Å². The molecule has 0 aliphatic carbocycles. The normalized spacial score (nSPS) is 12.6. The van der Waals surface area contributed by atoms with Gasteiger partial charge in [-0.05, 0) is 30.7 Å². The van der Waals surface area contributed by atoms with Gasteiger partial charge in [0.2, 0.25) is 5.89 Å². The van der Waals surface area contributed by atoms with E-state index in [1.807, 2.05) is 31.3 Å². The van der Waals surface area contributed by atoms with E-state index in [-0.39, 0.29) is 0 Å². The fraction of sp³-hybridized carbons (Fsp3) is 0.500. The number of likely N-dealkylation sites (N-methyl/N-ethyl adjacent to an activating group) is 1. The number of methoxy groups -OCH3 is 1. The topological polar surface area (TPSA) is 60.2 Å². The molecule has 1 heterocycles. The van der Waals surface area contributed by atoms with Gasteiger partial charge in [-0.1, -0.05) is 31.1 Å². The van der Waals surface area contributed by atoms with Gasteiger partial charge in [0.15, 0.2) is 5.82 Å². The summed E-state index contributed by atoms with van der Waals surface area (Å²) in [6.45, 7) is 4.35. The maximum Gasteiger partial charge on any atom is 0.228 e. The van der Waals surface area contributed by atoms with Crippen molar-refractivity contribution >= 4 is 0 Å². The molecular weight excluding hydrogens is 266 g/mol. The Morgan fingerprint density at radius 1 is 1.24 bits per heavy atom. The highest BCUT2D eigenvalue weighted by atomic mass is 16.5. The molecule has 0 radical (unpaired) electrons. The highest BCUT2D eigenvalue weighted by molar-refractivity contribution is 5.28. The second kappa shape index (κ2) is 7.22. The predicted octanol–water partition coefficient (Wildman–Crippen LogP) is 2.46. The van der Waals surface area contributed by atoms with Crippen molar-refractivity contribution in [2.24, 2.45) is 5.92 Å². The minimum atomic E-state index is 0.347. The molecule has 114 valence electrons. The molecule has 0 saturated carbocycles. The third-order valence-corrected chi connectivity index (χ3v) is 3.60. The molecule has 0 amide bonds. The van der Waals surface area contributed by atoms with Crippen LogP contribution in [0.1, 0.15) is 31.1 Å². The fourth-order valence-electron chi connectivity index (χ4n) is 2.23. The van der Waals surface area contributed by atoms with E-state index in [9.17, 15) is 0 Å². The second-order valence-electron chi connectivity index (χ2n) is 5.47. The van der Waals surface area contributed by atoms with E-state index in [0.29, 0.717) is 30.1 Å². The van der Waals surface area contributed by atoms with Crippen LogP contribution in [0.4, 0.5) is 0 Å². The highest BCUT2D eigenvalue weighted by Gasteiger charge is 2.16. The first-order valence-corrected chi connectivity index (χ1v) is 7.24. The Balaban J connectivity index is 1.99. The zero-order chi connectivity index (χ0) is 15.2. The summed E-state index contributed by atoms with van der Waals surface area (Å²) in [5, 5.41) is 7.34. The van der Waals surface area contributed by atoms with Crippen LogP contribution < -0.4 is 10.1 Å².